The predicted octanol–water partition coefficient (Wildman–Crippen LogP) is 2.56. The van der Waals surface area contributed by atoms with Crippen LogP contribution in [0.3, 0.4) is 0 Å². The van der Waals surface area contributed by atoms with E-state index in [9.17, 15) is 9.90 Å². The standard InChI is InChI=1S/C19H22N2O2/c1-14(19(23)20-18-8-4-5-15(11-18)13-22)21-10-9-16-6-2-3-7-17(16)12-21/h2-8,11,14,22H,9-10,12-13H2,1H3,(H,20,23). The third-order valence-electron chi connectivity index (χ3n) is 4.46. The molecule has 0 spiro atoms. The van der Waals surface area contributed by atoms with Crippen LogP contribution in [0.25, 0.3) is 0 Å². The molecule has 1 unspecified atom stereocenters. The van der Waals surface area contributed by atoms with Crippen LogP contribution in [0.1, 0.15) is 23.6 Å². The average molecular weight is 310 g/mol. The maximum absolute atomic E-state index is 12.5. The monoisotopic (exact) mass is 310 g/mol. The number of aliphatic hydroxyl groups is 1. The molecule has 23 heavy (non-hydrogen) atoms. The molecule has 0 aliphatic carbocycles. The zero-order chi connectivity index (χ0) is 16.2. The van der Waals surface area contributed by atoms with E-state index in [1.807, 2.05) is 31.2 Å². The summed E-state index contributed by atoms with van der Waals surface area (Å²) in [7, 11) is 0. The lowest BCUT2D eigenvalue weighted by molar-refractivity contribution is -0.121. The fraction of sp³-hybridized carbons (Fsp3) is 0.316. The Kier molecular flexibility index (Phi) is 4.74. The van der Waals surface area contributed by atoms with E-state index in [0.29, 0.717) is 0 Å². The molecule has 2 N–H and O–H groups in total. The number of nitrogens with zero attached hydrogens (tertiary/aromatic N) is 1. The molecule has 0 bridgehead atoms. The average Bonchev–Trinajstić information content (AvgIpc) is 2.60. The van der Waals surface area contributed by atoms with Gasteiger partial charge in [0.05, 0.1) is 12.6 Å². The van der Waals surface area contributed by atoms with Gasteiger partial charge in [0.25, 0.3) is 0 Å². The zero-order valence-corrected chi connectivity index (χ0v) is 13.3. The molecule has 4 nitrogen and oxygen atoms in total. The number of carbonyl (C=O) groups excluding carboxylic acids is 1. The largest absolute Gasteiger partial charge is 0.392 e. The molecule has 1 atom stereocenters. The Balaban J connectivity index is 1.66. The molecule has 2 aromatic carbocycles. The van der Waals surface area contributed by atoms with E-state index in [1.54, 1.807) is 6.07 Å². The lowest BCUT2D eigenvalue weighted by Gasteiger charge is -2.32. The number of aliphatic hydroxyl groups excluding tert-OH is 1. The molecule has 1 aliphatic heterocycles. The summed E-state index contributed by atoms with van der Waals surface area (Å²) in [5, 5.41) is 12.1. The van der Waals surface area contributed by atoms with Crippen molar-refractivity contribution in [3.63, 3.8) is 0 Å². The van der Waals surface area contributed by atoms with Gasteiger partial charge in [-0.3, -0.25) is 9.69 Å². The summed E-state index contributed by atoms with van der Waals surface area (Å²) in [4.78, 5) is 14.7. The summed E-state index contributed by atoms with van der Waals surface area (Å²) in [5.41, 5.74) is 4.21. The van der Waals surface area contributed by atoms with E-state index < -0.39 is 0 Å². The van der Waals surface area contributed by atoms with Gasteiger partial charge in [0.15, 0.2) is 0 Å². The Bertz CT molecular complexity index is 699. The van der Waals surface area contributed by atoms with Crippen LogP contribution in [-0.2, 0) is 24.4 Å². The third-order valence-corrected chi connectivity index (χ3v) is 4.46. The van der Waals surface area contributed by atoms with Crippen molar-refractivity contribution >= 4 is 11.6 Å². The number of fused-ring (bicyclic) bond motifs is 1. The Labute approximate surface area is 136 Å². The van der Waals surface area contributed by atoms with Crippen molar-refractivity contribution in [3.05, 3.63) is 65.2 Å². The number of carbonyl (C=O) groups is 1. The molecular formula is C19H22N2O2. The van der Waals surface area contributed by atoms with Gasteiger partial charge in [-0.1, -0.05) is 36.4 Å². The van der Waals surface area contributed by atoms with Gasteiger partial charge >= 0.3 is 0 Å². The molecule has 1 aliphatic rings. The van der Waals surface area contributed by atoms with Crippen molar-refractivity contribution in [2.75, 3.05) is 11.9 Å². The van der Waals surface area contributed by atoms with Crippen molar-refractivity contribution in [3.8, 4) is 0 Å². The first-order chi connectivity index (χ1) is 11.2. The molecule has 0 radical (unpaired) electrons. The maximum atomic E-state index is 12.5. The number of anilines is 1. The minimum atomic E-state index is -0.193. The van der Waals surface area contributed by atoms with Crippen LogP contribution >= 0.6 is 0 Å². The van der Waals surface area contributed by atoms with Gasteiger partial charge in [-0.2, -0.15) is 0 Å². The Morgan fingerprint density at radius 2 is 2.00 bits per heavy atom. The van der Waals surface area contributed by atoms with Crippen LogP contribution in [0.4, 0.5) is 5.69 Å². The summed E-state index contributed by atoms with van der Waals surface area (Å²) < 4.78 is 0. The van der Waals surface area contributed by atoms with Gasteiger partial charge in [0.2, 0.25) is 5.91 Å². The molecule has 0 saturated carbocycles. The van der Waals surface area contributed by atoms with E-state index in [2.05, 4.69) is 28.4 Å². The van der Waals surface area contributed by atoms with Gasteiger partial charge in [-0.15, -0.1) is 0 Å². The Morgan fingerprint density at radius 1 is 1.22 bits per heavy atom. The summed E-state index contributed by atoms with van der Waals surface area (Å²) in [6, 6.07) is 15.5. The highest BCUT2D eigenvalue weighted by atomic mass is 16.3. The number of nitrogens with one attached hydrogen (secondary N) is 1. The first kappa shape index (κ1) is 15.7. The molecule has 0 aromatic heterocycles. The van der Waals surface area contributed by atoms with Gasteiger partial charge in [0, 0.05) is 18.8 Å². The number of hydrogen-bond acceptors (Lipinski definition) is 3. The molecule has 1 heterocycles. The van der Waals surface area contributed by atoms with Gasteiger partial charge in [-0.05, 0) is 42.2 Å². The molecule has 0 fully saturated rings. The van der Waals surface area contributed by atoms with Crippen LogP contribution in [-0.4, -0.2) is 28.5 Å². The fourth-order valence-electron chi connectivity index (χ4n) is 3.01. The highest BCUT2D eigenvalue weighted by Gasteiger charge is 2.25. The minimum Gasteiger partial charge on any atom is -0.392 e. The van der Waals surface area contributed by atoms with E-state index >= 15 is 0 Å². The summed E-state index contributed by atoms with van der Waals surface area (Å²) in [5.74, 6) is -0.0144. The van der Waals surface area contributed by atoms with Crippen LogP contribution in [0.2, 0.25) is 0 Å². The molecule has 3 rings (SSSR count). The minimum absolute atomic E-state index is 0.0144. The molecule has 4 heteroatoms. The van der Waals surface area contributed by atoms with Crippen LogP contribution in [0.15, 0.2) is 48.5 Å². The highest BCUT2D eigenvalue weighted by molar-refractivity contribution is 5.94. The molecular weight excluding hydrogens is 288 g/mol. The second-order valence-electron chi connectivity index (χ2n) is 6.01. The predicted molar refractivity (Wildman–Crippen MR) is 91.0 cm³/mol. The normalized spacial score (nSPS) is 15.7. The van der Waals surface area contributed by atoms with Crippen molar-refractivity contribution < 1.29 is 9.90 Å². The van der Waals surface area contributed by atoms with Gasteiger partial charge in [-0.25, -0.2) is 0 Å². The smallest absolute Gasteiger partial charge is 0.241 e. The van der Waals surface area contributed by atoms with E-state index in [1.165, 1.54) is 11.1 Å². The van der Waals surface area contributed by atoms with Crippen molar-refractivity contribution in [1.82, 2.24) is 4.90 Å². The fourth-order valence-corrected chi connectivity index (χ4v) is 3.01. The molecule has 1 amide bonds. The summed E-state index contributed by atoms with van der Waals surface area (Å²) in [6.45, 7) is 3.62. The Hall–Kier alpha value is -2.17. The molecule has 120 valence electrons. The lowest BCUT2D eigenvalue weighted by atomic mass is 9.99. The SMILES string of the molecule is CC(C(=O)Nc1cccc(CO)c1)N1CCc2ccccc2C1. The summed E-state index contributed by atoms with van der Waals surface area (Å²) in [6.07, 6.45) is 0.980. The third kappa shape index (κ3) is 3.60. The topological polar surface area (TPSA) is 52.6 Å². The zero-order valence-electron chi connectivity index (χ0n) is 13.3. The number of amides is 1. The number of rotatable bonds is 4. The summed E-state index contributed by atoms with van der Waals surface area (Å²) >= 11 is 0. The van der Waals surface area contributed by atoms with Gasteiger partial charge in [0.1, 0.15) is 0 Å². The van der Waals surface area contributed by atoms with E-state index in [4.69, 9.17) is 0 Å². The molecule has 2 aromatic rings. The Morgan fingerprint density at radius 3 is 2.78 bits per heavy atom. The van der Waals surface area contributed by atoms with Crippen molar-refractivity contribution in [2.45, 2.75) is 32.5 Å². The maximum Gasteiger partial charge on any atom is 0.241 e. The quantitative estimate of drug-likeness (QED) is 0.912. The number of benzene rings is 2. The van der Waals surface area contributed by atoms with Crippen LogP contribution in [0.5, 0.6) is 0 Å². The van der Waals surface area contributed by atoms with Crippen molar-refractivity contribution in [1.29, 1.82) is 0 Å². The van der Waals surface area contributed by atoms with Crippen LogP contribution < -0.4 is 5.32 Å². The number of hydrogen-bond donors (Lipinski definition) is 2. The first-order valence-electron chi connectivity index (χ1n) is 7.99. The highest BCUT2D eigenvalue weighted by Crippen LogP contribution is 2.21. The first-order valence-corrected chi connectivity index (χ1v) is 7.99. The van der Waals surface area contributed by atoms with E-state index in [0.717, 1.165) is 30.8 Å². The second kappa shape index (κ2) is 6.94. The second-order valence-corrected chi connectivity index (χ2v) is 6.01. The molecule has 0 saturated heterocycles. The van der Waals surface area contributed by atoms with E-state index in [-0.39, 0.29) is 18.6 Å². The lowest BCUT2D eigenvalue weighted by Crippen LogP contribution is -2.44. The van der Waals surface area contributed by atoms with Crippen molar-refractivity contribution in [2.24, 2.45) is 0 Å². The van der Waals surface area contributed by atoms with Crippen LogP contribution in [0, 0.1) is 0 Å². The van der Waals surface area contributed by atoms with Gasteiger partial charge < -0.3 is 10.4 Å².